The smallest absolute Gasteiger partial charge is 0.358 e. The first-order valence-electron chi connectivity index (χ1n) is 6.62. The van der Waals surface area contributed by atoms with Gasteiger partial charge in [0.25, 0.3) is 0 Å². The van der Waals surface area contributed by atoms with Crippen molar-refractivity contribution in [3.63, 3.8) is 0 Å². The van der Waals surface area contributed by atoms with Crippen LogP contribution in [0.3, 0.4) is 0 Å². The Morgan fingerprint density at radius 3 is 2.00 bits per heavy atom. The van der Waals surface area contributed by atoms with Crippen molar-refractivity contribution in [2.75, 3.05) is 0 Å². The molecule has 5 nitrogen and oxygen atoms in total. The van der Waals surface area contributed by atoms with E-state index < -0.39 is 12.4 Å². The average molecular weight is 300 g/mol. The highest BCUT2D eigenvalue weighted by Gasteiger charge is 2.07. The van der Waals surface area contributed by atoms with E-state index in [1.54, 1.807) is 36.4 Å². The maximum atomic E-state index is 10.4. The molecule has 0 bridgehead atoms. The molecule has 1 unspecified atom stereocenters. The fraction of sp³-hybridized carbons (Fsp3) is 0.118. The predicted octanol–water partition coefficient (Wildman–Crippen LogP) is 2.83. The zero-order valence-electron chi connectivity index (χ0n) is 12.0. The number of aliphatic carboxylic acids is 1. The quantitative estimate of drug-likeness (QED) is 0.633. The van der Waals surface area contributed by atoms with E-state index in [1.165, 1.54) is 6.08 Å². The summed E-state index contributed by atoms with van der Waals surface area (Å²) >= 11 is 0. The zero-order chi connectivity index (χ0) is 15.9. The molecule has 0 aliphatic rings. The molecule has 0 amide bonds. The number of aliphatic hydroxyl groups excluding tert-OH is 1. The largest absolute Gasteiger partial charge is 0.478 e. The third kappa shape index (κ3) is 4.96. The Balaban J connectivity index is 1.92. The minimum atomic E-state index is -1.43. The molecule has 0 spiro atoms. The highest BCUT2D eigenvalue weighted by molar-refractivity contribution is 5.85. The number of carbonyl (C=O) groups is 1. The SMILES string of the molecule is Cc1ccc(OC(O)Oc2ccc(/C=C/C(=O)O)cc2)cc1. The van der Waals surface area contributed by atoms with Crippen LogP contribution in [0.2, 0.25) is 0 Å². The molecule has 0 aliphatic carbocycles. The van der Waals surface area contributed by atoms with Crippen LogP contribution in [0.15, 0.2) is 54.6 Å². The summed E-state index contributed by atoms with van der Waals surface area (Å²) in [5.74, 6) is -0.103. The van der Waals surface area contributed by atoms with Gasteiger partial charge in [0, 0.05) is 6.08 Å². The second-order valence-corrected chi connectivity index (χ2v) is 4.60. The van der Waals surface area contributed by atoms with Gasteiger partial charge in [0.15, 0.2) is 0 Å². The maximum Gasteiger partial charge on any atom is 0.358 e. The highest BCUT2D eigenvalue weighted by atomic mass is 16.8. The lowest BCUT2D eigenvalue weighted by Gasteiger charge is -2.15. The topological polar surface area (TPSA) is 76.0 Å². The Hall–Kier alpha value is -2.79. The number of aryl methyl sites for hydroxylation is 1. The summed E-state index contributed by atoms with van der Waals surface area (Å²) in [6, 6.07) is 13.8. The Morgan fingerprint density at radius 1 is 1.00 bits per heavy atom. The lowest BCUT2D eigenvalue weighted by atomic mass is 10.2. The molecule has 114 valence electrons. The first-order chi connectivity index (χ1) is 10.5. The second kappa shape index (κ2) is 7.28. The van der Waals surface area contributed by atoms with Gasteiger partial charge < -0.3 is 19.7 Å². The molecule has 2 rings (SSSR count). The first kappa shape index (κ1) is 15.6. The lowest BCUT2D eigenvalue weighted by molar-refractivity contribution is -0.160. The van der Waals surface area contributed by atoms with E-state index in [4.69, 9.17) is 14.6 Å². The van der Waals surface area contributed by atoms with E-state index in [1.807, 2.05) is 19.1 Å². The monoisotopic (exact) mass is 300 g/mol. The summed E-state index contributed by atoms with van der Waals surface area (Å²) in [4.78, 5) is 10.4. The van der Waals surface area contributed by atoms with Crippen molar-refractivity contribution in [3.05, 3.63) is 65.7 Å². The summed E-state index contributed by atoms with van der Waals surface area (Å²) in [5, 5.41) is 18.3. The molecule has 0 aromatic heterocycles. The fourth-order valence-electron chi connectivity index (χ4n) is 1.70. The van der Waals surface area contributed by atoms with E-state index >= 15 is 0 Å². The number of benzene rings is 2. The average Bonchev–Trinajstić information content (AvgIpc) is 2.49. The van der Waals surface area contributed by atoms with Gasteiger partial charge in [0.05, 0.1) is 0 Å². The van der Waals surface area contributed by atoms with E-state index in [0.29, 0.717) is 17.1 Å². The molecular weight excluding hydrogens is 284 g/mol. The van der Waals surface area contributed by atoms with Crippen molar-refractivity contribution in [1.82, 2.24) is 0 Å². The Morgan fingerprint density at radius 2 is 1.50 bits per heavy atom. The Kier molecular flexibility index (Phi) is 5.16. The van der Waals surface area contributed by atoms with E-state index in [9.17, 15) is 9.90 Å². The molecule has 0 fully saturated rings. The molecule has 0 saturated heterocycles. The molecule has 2 aromatic carbocycles. The normalized spacial score (nSPS) is 12.1. The predicted molar refractivity (Wildman–Crippen MR) is 81.6 cm³/mol. The van der Waals surface area contributed by atoms with Gasteiger partial charge >= 0.3 is 12.4 Å². The molecular formula is C17H16O5. The zero-order valence-corrected chi connectivity index (χ0v) is 12.0. The van der Waals surface area contributed by atoms with Crippen LogP contribution < -0.4 is 9.47 Å². The van der Waals surface area contributed by atoms with Gasteiger partial charge in [0.1, 0.15) is 11.5 Å². The number of hydrogen-bond donors (Lipinski definition) is 2. The summed E-state index contributed by atoms with van der Waals surface area (Å²) in [6.45, 7) is 0.528. The van der Waals surface area contributed by atoms with Gasteiger partial charge in [0.2, 0.25) is 0 Å². The van der Waals surface area contributed by atoms with Crippen LogP contribution in [0.1, 0.15) is 11.1 Å². The Labute approximate surface area is 128 Å². The van der Waals surface area contributed by atoms with Crippen molar-refractivity contribution in [1.29, 1.82) is 0 Å². The molecule has 2 aromatic rings. The van der Waals surface area contributed by atoms with Crippen molar-refractivity contribution in [2.24, 2.45) is 0 Å². The van der Waals surface area contributed by atoms with E-state index in [-0.39, 0.29) is 0 Å². The number of hydrogen-bond acceptors (Lipinski definition) is 4. The second-order valence-electron chi connectivity index (χ2n) is 4.60. The van der Waals surface area contributed by atoms with Crippen LogP contribution in [-0.2, 0) is 4.79 Å². The van der Waals surface area contributed by atoms with Crippen molar-refractivity contribution in [3.8, 4) is 11.5 Å². The van der Waals surface area contributed by atoms with Gasteiger partial charge in [-0.1, -0.05) is 29.8 Å². The molecule has 0 radical (unpaired) electrons. The highest BCUT2D eigenvalue weighted by Crippen LogP contribution is 2.17. The molecule has 0 aliphatic heterocycles. The number of carboxylic acid groups (broad SMARTS) is 1. The summed E-state index contributed by atoms with van der Waals surface area (Å²) in [6.07, 6.45) is 2.51. The van der Waals surface area contributed by atoms with Crippen LogP contribution in [0.4, 0.5) is 0 Å². The molecule has 0 saturated carbocycles. The van der Waals surface area contributed by atoms with Crippen molar-refractivity contribution >= 4 is 12.0 Å². The molecule has 5 heteroatoms. The Bertz CT molecular complexity index is 644. The van der Waals surface area contributed by atoms with Crippen LogP contribution in [0, 0.1) is 6.92 Å². The van der Waals surface area contributed by atoms with E-state index in [2.05, 4.69) is 0 Å². The fourth-order valence-corrected chi connectivity index (χ4v) is 1.70. The van der Waals surface area contributed by atoms with Crippen LogP contribution >= 0.6 is 0 Å². The summed E-state index contributed by atoms with van der Waals surface area (Å²) in [7, 11) is 0. The first-order valence-corrected chi connectivity index (χ1v) is 6.62. The molecule has 22 heavy (non-hydrogen) atoms. The molecule has 0 heterocycles. The molecule has 2 N–H and O–H groups in total. The number of ether oxygens (including phenoxy) is 2. The third-order valence-corrected chi connectivity index (χ3v) is 2.79. The minimum absolute atomic E-state index is 0.409. The van der Waals surface area contributed by atoms with Crippen LogP contribution in [0.5, 0.6) is 11.5 Å². The van der Waals surface area contributed by atoms with E-state index in [0.717, 1.165) is 11.6 Å². The van der Waals surface area contributed by atoms with Crippen LogP contribution in [-0.4, -0.2) is 22.7 Å². The minimum Gasteiger partial charge on any atom is -0.478 e. The third-order valence-electron chi connectivity index (χ3n) is 2.79. The summed E-state index contributed by atoms with van der Waals surface area (Å²) in [5.41, 5.74) is 1.80. The van der Waals surface area contributed by atoms with Gasteiger partial charge in [-0.3, -0.25) is 0 Å². The maximum absolute atomic E-state index is 10.4. The lowest BCUT2D eigenvalue weighted by Crippen LogP contribution is -2.22. The number of carboxylic acids is 1. The standard InChI is InChI=1S/C17H16O5/c1-12-2-7-14(8-3-12)21-17(20)22-15-9-4-13(5-10-15)6-11-16(18)19/h2-11,17,20H,1H3,(H,18,19)/b11-6+. The van der Waals surface area contributed by atoms with Crippen molar-refractivity contribution in [2.45, 2.75) is 13.4 Å². The van der Waals surface area contributed by atoms with Gasteiger partial charge in [-0.15, -0.1) is 0 Å². The van der Waals surface area contributed by atoms with Gasteiger partial charge in [-0.25, -0.2) is 4.79 Å². The number of aliphatic hydroxyl groups is 1. The molecule has 1 atom stereocenters. The van der Waals surface area contributed by atoms with Gasteiger partial charge in [-0.2, -0.15) is 0 Å². The van der Waals surface area contributed by atoms with Crippen LogP contribution in [0.25, 0.3) is 6.08 Å². The number of rotatable bonds is 6. The van der Waals surface area contributed by atoms with Gasteiger partial charge in [-0.05, 0) is 42.8 Å². The summed E-state index contributed by atoms with van der Waals surface area (Å²) < 4.78 is 10.4. The van der Waals surface area contributed by atoms with Crippen molar-refractivity contribution < 1.29 is 24.5 Å².